The molecular weight excluding hydrogens is 338 g/mol. The molecule has 0 bridgehead atoms. The first kappa shape index (κ1) is 17.0. The lowest BCUT2D eigenvalue weighted by Gasteiger charge is -2.06. The highest BCUT2D eigenvalue weighted by atomic mass is 32.1. The van der Waals surface area contributed by atoms with E-state index in [4.69, 9.17) is 0 Å². The number of aryl methyl sites for hydroxylation is 2. The van der Waals surface area contributed by atoms with Crippen LogP contribution >= 0.6 is 11.3 Å². The third kappa shape index (κ3) is 3.88. The molecule has 1 N–H and O–H groups in total. The Labute approximate surface area is 158 Å². The van der Waals surface area contributed by atoms with E-state index in [1.807, 2.05) is 23.5 Å². The number of carbonyl (C=O) groups is 1. The van der Waals surface area contributed by atoms with Crippen LogP contribution in [0.15, 0.2) is 54.6 Å². The van der Waals surface area contributed by atoms with E-state index in [1.165, 1.54) is 32.0 Å². The monoisotopic (exact) mass is 361 g/mol. The summed E-state index contributed by atoms with van der Waals surface area (Å²) in [6, 6.07) is 19.4. The Morgan fingerprint density at radius 3 is 2.54 bits per heavy atom. The van der Waals surface area contributed by atoms with Crippen LogP contribution in [-0.2, 0) is 6.42 Å². The lowest BCUT2D eigenvalue weighted by atomic mass is 10.0. The lowest BCUT2D eigenvalue weighted by Crippen LogP contribution is -2.25. The van der Waals surface area contributed by atoms with Crippen LogP contribution in [0.25, 0.3) is 10.4 Å². The zero-order chi connectivity index (χ0) is 18.1. The van der Waals surface area contributed by atoms with Gasteiger partial charge in [0.2, 0.25) is 0 Å². The quantitative estimate of drug-likeness (QED) is 0.637. The number of hydrogen-bond acceptors (Lipinski definition) is 2. The molecule has 1 saturated carbocycles. The minimum Gasteiger partial charge on any atom is -0.349 e. The van der Waals surface area contributed by atoms with Crippen molar-refractivity contribution in [2.24, 2.45) is 0 Å². The van der Waals surface area contributed by atoms with Gasteiger partial charge in [0.1, 0.15) is 0 Å². The van der Waals surface area contributed by atoms with Gasteiger partial charge in [-0.1, -0.05) is 35.9 Å². The van der Waals surface area contributed by atoms with Gasteiger partial charge in [-0.3, -0.25) is 4.79 Å². The molecule has 1 aliphatic carbocycles. The first-order valence-corrected chi connectivity index (χ1v) is 9.96. The molecule has 0 spiro atoms. The van der Waals surface area contributed by atoms with Crippen molar-refractivity contribution in [2.75, 3.05) is 0 Å². The fourth-order valence-corrected chi connectivity index (χ4v) is 4.12. The van der Waals surface area contributed by atoms with E-state index in [0.717, 1.165) is 24.8 Å². The summed E-state index contributed by atoms with van der Waals surface area (Å²) in [4.78, 5) is 14.7. The van der Waals surface area contributed by atoms with Gasteiger partial charge in [0.15, 0.2) is 0 Å². The Bertz CT molecular complexity index is 935. The number of amides is 1. The van der Waals surface area contributed by atoms with E-state index in [0.29, 0.717) is 6.04 Å². The van der Waals surface area contributed by atoms with Gasteiger partial charge in [-0.05, 0) is 67.6 Å². The maximum absolute atomic E-state index is 12.1. The van der Waals surface area contributed by atoms with Crippen LogP contribution in [0.1, 0.15) is 44.8 Å². The smallest absolute Gasteiger partial charge is 0.251 e. The molecule has 1 amide bonds. The molecule has 4 rings (SSSR count). The molecule has 3 heteroatoms. The minimum absolute atomic E-state index is 0.0424. The summed E-state index contributed by atoms with van der Waals surface area (Å²) in [6.45, 7) is 4.32. The summed E-state index contributed by atoms with van der Waals surface area (Å²) >= 11 is 1.83. The second kappa shape index (κ2) is 7.08. The van der Waals surface area contributed by atoms with Crippen LogP contribution in [0.2, 0.25) is 0 Å². The van der Waals surface area contributed by atoms with Gasteiger partial charge in [-0.2, -0.15) is 0 Å². The average Bonchev–Trinajstić information content (AvgIpc) is 3.33. The second-order valence-electron chi connectivity index (χ2n) is 7.20. The predicted molar refractivity (Wildman–Crippen MR) is 109 cm³/mol. The number of thiophene rings is 1. The normalized spacial score (nSPS) is 13.6. The topological polar surface area (TPSA) is 29.1 Å². The van der Waals surface area contributed by atoms with Gasteiger partial charge in [0.05, 0.1) is 0 Å². The highest BCUT2D eigenvalue weighted by Crippen LogP contribution is 2.30. The molecule has 3 aromatic rings. The molecule has 132 valence electrons. The van der Waals surface area contributed by atoms with Gasteiger partial charge in [-0.25, -0.2) is 0 Å². The number of rotatable bonds is 5. The van der Waals surface area contributed by atoms with E-state index in [-0.39, 0.29) is 5.91 Å². The van der Waals surface area contributed by atoms with Crippen molar-refractivity contribution >= 4 is 17.2 Å². The molecule has 0 atom stereocenters. The second-order valence-corrected chi connectivity index (χ2v) is 8.37. The fourth-order valence-electron chi connectivity index (χ4n) is 3.09. The molecule has 26 heavy (non-hydrogen) atoms. The summed E-state index contributed by atoms with van der Waals surface area (Å²) in [5.74, 6) is 0.0424. The third-order valence-electron chi connectivity index (χ3n) is 4.88. The molecule has 1 fully saturated rings. The number of hydrogen-bond donors (Lipinski definition) is 1. The largest absolute Gasteiger partial charge is 0.349 e. The first-order valence-electron chi connectivity index (χ1n) is 9.14. The standard InChI is InChI=1S/C23H23NOS/c1-15-3-4-16(2)19(13-15)14-21-11-12-22(26-21)17-5-7-18(8-6-17)23(25)24-20-9-10-20/h3-8,11-13,20H,9-10,14H2,1-2H3,(H,24,25). The highest BCUT2D eigenvalue weighted by molar-refractivity contribution is 7.15. The maximum atomic E-state index is 12.1. The summed E-state index contributed by atoms with van der Waals surface area (Å²) in [6.07, 6.45) is 3.20. The van der Waals surface area contributed by atoms with E-state index in [9.17, 15) is 4.79 Å². The van der Waals surface area contributed by atoms with E-state index >= 15 is 0 Å². The van der Waals surface area contributed by atoms with Crippen molar-refractivity contribution in [2.45, 2.75) is 39.2 Å². The van der Waals surface area contributed by atoms with Crippen LogP contribution in [0.3, 0.4) is 0 Å². The van der Waals surface area contributed by atoms with Crippen LogP contribution in [0.4, 0.5) is 0 Å². The van der Waals surface area contributed by atoms with Crippen molar-refractivity contribution < 1.29 is 4.79 Å². The van der Waals surface area contributed by atoms with E-state index < -0.39 is 0 Å². The summed E-state index contributed by atoms with van der Waals surface area (Å²) < 4.78 is 0. The van der Waals surface area contributed by atoms with E-state index in [2.05, 4.69) is 61.6 Å². The van der Waals surface area contributed by atoms with Gasteiger partial charge in [0, 0.05) is 27.8 Å². The first-order chi connectivity index (χ1) is 12.6. The Hall–Kier alpha value is -2.39. The Morgan fingerprint density at radius 1 is 1.04 bits per heavy atom. The van der Waals surface area contributed by atoms with Crippen molar-refractivity contribution in [1.82, 2.24) is 5.32 Å². The lowest BCUT2D eigenvalue weighted by molar-refractivity contribution is 0.0951. The van der Waals surface area contributed by atoms with Gasteiger partial charge in [0.25, 0.3) is 5.91 Å². The fraction of sp³-hybridized carbons (Fsp3) is 0.261. The molecule has 1 aromatic heterocycles. The molecule has 1 aliphatic rings. The molecule has 0 radical (unpaired) electrons. The van der Waals surface area contributed by atoms with Crippen molar-refractivity contribution in [3.05, 3.63) is 81.7 Å². The highest BCUT2D eigenvalue weighted by Gasteiger charge is 2.23. The molecule has 0 unspecified atom stereocenters. The number of nitrogens with one attached hydrogen (secondary N) is 1. The molecule has 2 nitrogen and oxygen atoms in total. The zero-order valence-corrected chi connectivity index (χ0v) is 16.0. The molecule has 0 saturated heterocycles. The van der Waals surface area contributed by atoms with Gasteiger partial charge in [-0.15, -0.1) is 11.3 Å². The SMILES string of the molecule is Cc1ccc(C)c(Cc2ccc(-c3ccc(C(=O)NC4CC4)cc3)s2)c1. The van der Waals surface area contributed by atoms with Crippen molar-refractivity contribution in [1.29, 1.82) is 0 Å². The molecular formula is C23H23NOS. The minimum atomic E-state index is 0.0424. The van der Waals surface area contributed by atoms with Crippen LogP contribution in [0, 0.1) is 13.8 Å². The summed E-state index contributed by atoms with van der Waals surface area (Å²) in [5.41, 5.74) is 5.96. The van der Waals surface area contributed by atoms with Crippen molar-refractivity contribution in [3.63, 3.8) is 0 Å². The zero-order valence-electron chi connectivity index (χ0n) is 15.2. The van der Waals surface area contributed by atoms with Crippen LogP contribution in [-0.4, -0.2) is 11.9 Å². The van der Waals surface area contributed by atoms with Gasteiger partial charge < -0.3 is 5.32 Å². The van der Waals surface area contributed by atoms with Crippen molar-refractivity contribution in [3.8, 4) is 10.4 Å². The number of carbonyl (C=O) groups excluding carboxylic acids is 1. The molecule has 0 aliphatic heterocycles. The Kier molecular flexibility index (Phi) is 4.64. The Balaban J connectivity index is 1.48. The number of benzene rings is 2. The summed E-state index contributed by atoms with van der Waals surface area (Å²) in [7, 11) is 0. The maximum Gasteiger partial charge on any atom is 0.251 e. The van der Waals surface area contributed by atoms with Crippen LogP contribution in [0.5, 0.6) is 0 Å². The van der Waals surface area contributed by atoms with Crippen LogP contribution < -0.4 is 5.32 Å². The molecule has 2 aromatic carbocycles. The average molecular weight is 362 g/mol. The molecule has 1 heterocycles. The Morgan fingerprint density at radius 2 is 1.81 bits per heavy atom. The van der Waals surface area contributed by atoms with E-state index in [1.54, 1.807) is 0 Å². The van der Waals surface area contributed by atoms with Gasteiger partial charge >= 0.3 is 0 Å². The third-order valence-corrected chi connectivity index (χ3v) is 6.01. The summed E-state index contributed by atoms with van der Waals surface area (Å²) in [5, 5.41) is 3.03. The predicted octanol–water partition coefficient (Wildman–Crippen LogP) is 5.51.